The van der Waals surface area contributed by atoms with Gasteiger partial charge in [0.05, 0.1) is 18.7 Å². The maximum Gasteiger partial charge on any atom is 0.365 e. The Morgan fingerprint density at radius 1 is 0.433 bits per heavy atom. The number of imide groups is 3. The zero-order valence-corrected chi connectivity index (χ0v) is 59.8. The van der Waals surface area contributed by atoms with Gasteiger partial charge in [-0.2, -0.15) is 0 Å². The number of unbranched alkanes of at least 4 members (excludes halogenated alkanes) is 6. The van der Waals surface area contributed by atoms with E-state index in [0.29, 0.717) is 97.5 Å². The fourth-order valence-corrected chi connectivity index (χ4v) is 15.2. The van der Waals surface area contributed by atoms with Gasteiger partial charge in [-0.25, -0.2) is 14.4 Å². The van der Waals surface area contributed by atoms with E-state index in [0.717, 1.165) is 116 Å². The van der Waals surface area contributed by atoms with Crippen molar-refractivity contribution in [3.63, 3.8) is 0 Å². The number of hydrogen-bond acceptors (Lipinski definition) is 23. The van der Waals surface area contributed by atoms with Crippen LogP contribution in [0.25, 0.3) is 0 Å². The lowest BCUT2D eigenvalue weighted by Gasteiger charge is -2.30. The average molecular weight is 1440 g/mol. The topological polar surface area (TPSA) is 314 Å². The van der Waals surface area contributed by atoms with E-state index in [-0.39, 0.29) is 80.8 Å². The van der Waals surface area contributed by atoms with E-state index in [2.05, 4.69) is 53.2 Å². The highest BCUT2D eigenvalue weighted by molar-refractivity contribution is 6.03. The van der Waals surface area contributed by atoms with Crippen molar-refractivity contribution in [2.75, 3.05) is 85.1 Å². The minimum atomic E-state index is -0.834. The second-order valence-electron chi connectivity index (χ2n) is 28.2. The van der Waals surface area contributed by atoms with E-state index in [1.807, 2.05) is 59.0 Å². The first-order chi connectivity index (χ1) is 50.5. The van der Waals surface area contributed by atoms with Crippen LogP contribution >= 0.6 is 0 Å². The minimum absolute atomic E-state index is 0.00403. The number of ketones is 1. The molecule has 8 saturated heterocycles. The summed E-state index contributed by atoms with van der Waals surface area (Å²) in [5, 5.41) is 4.74. The van der Waals surface area contributed by atoms with Crippen LogP contribution in [-0.2, 0) is 62.5 Å². The van der Waals surface area contributed by atoms with Crippen molar-refractivity contribution in [1.82, 2.24) is 64.5 Å². The van der Waals surface area contributed by atoms with E-state index >= 15 is 0 Å². The van der Waals surface area contributed by atoms with Crippen LogP contribution in [0.4, 0.5) is 0 Å². The Balaban J connectivity index is 0.000000168. The molecule has 0 aromatic carbocycles. The molecule has 0 unspecified atom stereocenters. The first-order valence-corrected chi connectivity index (χ1v) is 37.6. The van der Waals surface area contributed by atoms with Gasteiger partial charge in [-0.15, -0.1) is 15.2 Å². The number of carbonyl (C=O) groups is 12. The summed E-state index contributed by atoms with van der Waals surface area (Å²) in [6, 6.07) is 15.3. The largest absolute Gasteiger partial charge is 0.365 e. The smallest absolute Gasteiger partial charge is 0.356 e. The Hall–Kier alpha value is -8.83. The van der Waals surface area contributed by atoms with Gasteiger partial charge in [-0.3, -0.25) is 87.2 Å². The summed E-state index contributed by atoms with van der Waals surface area (Å²) in [6.07, 6.45) is 34.6. The molecule has 0 bridgehead atoms. The predicted octanol–water partition coefficient (Wildman–Crippen LogP) is 7.63. The molecule has 12 heterocycles. The molecule has 0 aliphatic carbocycles. The summed E-state index contributed by atoms with van der Waals surface area (Å²) in [6.45, 7) is 9.70. The van der Waals surface area contributed by atoms with E-state index in [1.165, 1.54) is 71.8 Å². The van der Waals surface area contributed by atoms with Crippen LogP contribution in [0.15, 0.2) is 92.0 Å². The number of carbonyl (C=O) groups excluding carboxylic acids is 12. The fraction of sp³-hybridized carbons (Fsp3) is 0.592. The number of hydrogen-bond donors (Lipinski definition) is 1. The van der Waals surface area contributed by atoms with Crippen LogP contribution in [0.1, 0.15) is 223 Å². The van der Waals surface area contributed by atoms with Crippen molar-refractivity contribution in [2.24, 2.45) is 11.8 Å². The fourth-order valence-electron chi connectivity index (χ4n) is 15.2. The van der Waals surface area contributed by atoms with E-state index in [9.17, 15) is 57.5 Å². The number of pyridine rings is 3. The zero-order valence-electron chi connectivity index (χ0n) is 59.8. The van der Waals surface area contributed by atoms with Gasteiger partial charge in [0.25, 0.3) is 35.4 Å². The maximum absolute atomic E-state index is 12.7. The summed E-state index contributed by atoms with van der Waals surface area (Å²) >= 11 is 0. The molecular formula is C76H101N13O15. The molecule has 104 heavy (non-hydrogen) atoms. The normalized spacial score (nSPS) is 21.0. The van der Waals surface area contributed by atoms with Crippen LogP contribution < -0.4 is 5.32 Å². The lowest BCUT2D eigenvalue weighted by Crippen LogP contribution is -2.44. The minimum Gasteiger partial charge on any atom is -0.356 e. The maximum atomic E-state index is 12.7. The number of rotatable bonds is 31. The van der Waals surface area contributed by atoms with Crippen molar-refractivity contribution < 1.29 is 72.0 Å². The Kier molecular flexibility index (Phi) is 29.8. The Morgan fingerprint density at radius 3 is 1.24 bits per heavy atom. The SMILES string of the molecule is O=C(CN1CCC(C(=O)CCCCCN2CCC[C@H]2c2cccnc2)CC1)ON1C(=O)CCC1=O.O=C(CN1CCC(C(=O)NCCCCCN2CCC[C@H]2c2cccnc2)CC1)ON1C(=O)CCC1=O.O=C(ON1C(=O)CCC1=O)c1ccn(C(=O)CCCCCN2CCC[C@H]2c2cccnc2)c1. The number of aromatic nitrogens is 4. The van der Waals surface area contributed by atoms with Crippen molar-refractivity contribution >= 4 is 70.9 Å². The lowest BCUT2D eigenvalue weighted by atomic mass is 9.90. The number of nitrogens with one attached hydrogen (secondary N) is 1. The molecule has 12 rings (SSSR count). The number of likely N-dealkylation sites (tertiary alicyclic amines) is 5. The van der Waals surface area contributed by atoms with Crippen molar-refractivity contribution in [3.8, 4) is 0 Å². The van der Waals surface area contributed by atoms with Gasteiger partial charge in [-0.1, -0.05) is 37.5 Å². The Labute approximate surface area is 607 Å². The Morgan fingerprint density at radius 2 is 0.827 bits per heavy atom. The quantitative estimate of drug-likeness (QED) is 0.0374. The van der Waals surface area contributed by atoms with Gasteiger partial charge < -0.3 is 19.8 Å². The molecule has 0 radical (unpaired) electrons. The molecule has 4 aromatic rings. The van der Waals surface area contributed by atoms with Crippen molar-refractivity contribution in [2.45, 2.75) is 191 Å². The molecule has 4 aromatic heterocycles. The number of nitrogens with zero attached hydrogens (tertiary/aromatic N) is 12. The number of hydroxylamine groups is 6. The molecule has 1 N–H and O–H groups in total. The van der Waals surface area contributed by atoms with E-state index in [4.69, 9.17) is 14.5 Å². The molecule has 28 nitrogen and oxygen atoms in total. The molecule has 8 fully saturated rings. The third-order valence-electron chi connectivity index (χ3n) is 20.9. The van der Waals surface area contributed by atoms with Crippen LogP contribution in [0.3, 0.4) is 0 Å². The predicted molar refractivity (Wildman–Crippen MR) is 376 cm³/mol. The molecule has 3 atom stereocenters. The molecule has 0 spiro atoms. The highest BCUT2D eigenvalue weighted by Gasteiger charge is 2.38. The van der Waals surface area contributed by atoms with Gasteiger partial charge in [-0.05, 0) is 209 Å². The average Bonchev–Trinajstić information content (AvgIpc) is 1.76. The second kappa shape index (κ2) is 39.9. The first kappa shape index (κ1) is 77.8. The highest BCUT2D eigenvalue weighted by atomic mass is 16.7. The zero-order chi connectivity index (χ0) is 73.2. The van der Waals surface area contributed by atoms with Gasteiger partial charge in [0.15, 0.2) is 0 Å². The standard InChI is InChI=1S/C26H37N5O5.C26H36N4O5.C24H28N4O5/c32-23-8-9-24(33)31(23)36-25(34)19-29-16-10-20(11-17-29)26(35)28-13-2-1-3-14-30-15-5-7-22(30)21-6-4-12-27-18-21;31-23(8-2-1-3-14-29-15-5-7-22(29)21-6-4-13-27-18-21)20-11-16-28(17-12-20)19-26(34)35-30-24(32)9-10-25(30)33;29-21(27-15-11-19(17-27)24(32)33-28-22(30)9-10-23(28)31)8-2-1-3-13-26-14-5-7-20(26)18-6-4-12-25-16-18/h4,6,12,18,20,22H,1-3,5,7-11,13-17,19H2,(H,28,35);4,6,13,18,20,22H,1-3,5,7-12,14-17,19H2;4,6,11-12,15-17,20H,1-3,5,7-10,13-14H2/t2*22-;20-/m000/s1. The van der Waals surface area contributed by atoms with Crippen LogP contribution in [0.2, 0.25) is 0 Å². The number of amides is 7. The van der Waals surface area contributed by atoms with Gasteiger partial charge >= 0.3 is 17.9 Å². The molecule has 28 heteroatoms. The first-order valence-electron chi connectivity index (χ1n) is 37.6. The third-order valence-corrected chi connectivity index (χ3v) is 20.9. The van der Waals surface area contributed by atoms with Gasteiger partial charge in [0.2, 0.25) is 11.8 Å². The third kappa shape index (κ3) is 22.8. The molecule has 0 saturated carbocycles. The Bertz CT molecular complexity index is 3520. The summed E-state index contributed by atoms with van der Waals surface area (Å²) in [5.41, 5.74) is 4.00. The van der Waals surface area contributed by atoms with Crippen LogP contribution in [-0.4, -0.2) is 215 Å². The lowest BCUT2D eigenvalue weighted by molar-refractivity contribution is -0.198. The summed E-state index contributed by atoms with van der Waals surface area (Å²) < 4.78 is 1.35. The second-order valence-corrected chi connectivity index (χ2v) is 28.2. The van der Waals surface area contributed by atoms with E-state index in [1.54, 1.807) is 6.20 Å². The number of Topliss-reactive ketones (excluding diaryl/α,β-unsaturated/α-hetero) is 1. The molecule has 7 amide bonds. The van der Waals surface area contributed by atoms with Gasteiger partial charge in [0.1, 0.15) is 5.78 Å². The number of piperidine rings is 2. The summed E-state index contributed by atoms with van der Waals surface area (Å²) in [7, 11) is 0. The molecule has 560 valence electrons. The summed E-state index contributed by atoms with van der Waals surface area (Å²) in [4.78, 5) is 182. The molecule has 8 aliphatic rings. The summed E-state index contributed by atoms with van der Waals surface area (Å²) in [5.74, 6) is -4.74. The highest BCUT2D eigenvalue weighted by Crippen LogP contribution is 2.35. The van der Waals surface area contributed by atoms with Crippen molar-refractivity contribution in [3.05, 3.63) is 114 Å². The monoisotopic (exact) mass is 1440 g/mol. The van der Waals surface area contributed by atoms with E-state index < -0.39 is 53.4 Å². The van der Waals surface area contributed by atoms with Crippen LogP contribution in [0.5, 0.6) is 0 Å². The van der Waals surface area contributed by atoms with Crippen LogP contribution in [0, 0.1) is 11.8 Å². The molecule has 8 aliphatic heterocycles. The van der Waals surface area contributed by atoms with Crippen molar-refractivity contribution in [1.29, 1.82) is 0 Å². The molecular weight excluding hydrogens is 1330 g/mol. The van der Waals surface area contributed by atoms with Gasteiger partial charge in [0, 0.05) is 137 Å².